The number of hydrogen-bond acceptors (Lipinski definition) is 3. The van der Waals surface area contributed by atoms with Crippen molar-refractivity contribution in [2.24, 2.45) is 5.92 Å². The topological polar surface area (TPSA) is 29.5 Å². The molecule has 1 aliphatic heterocycles. The van der Waals surface area contributed by atoms with E-state index >= 15 is 0 Å². The predicted molar refractivity (Wildman–Crippen MR) is 59.6 cm³/mol. The normalized spacial score (nSPS) is 23.9. The fourth-order valence-corrected chi connectivity index (χ4v) is 1.68. The Balaban J connectivity index is 2.50. The minimum absolute atomic E-state index is 0.110. The molecule has 4 heteroatoms. The first-order valence-corrected chi connectivity index (χ1v) is 5.58. The Morgan fingerprint density at radius 3 is 2.64 bits per heavy atom. The zero-order chi connectivity index (χ0) is 10.7. The van der Waals surface area contributed by atoms with E-state index in [2.05, 4.69) is 12.6 Å². The molecule has 0 N–H and O–H groups in total. The lowest BCUT2D eigenvalue weighted by molar-refractivity contribution is -0.132. The van der Waals surface area contributed by atoms with Crippen LogP contribution in [0.4, 0.5) is 0 Å². The maximum atomic E-state index is 11.9. The summed E-state index contributed by atoms with van der Waals surface area (Å²) in [5.74, 6) is 0.384. The number of carbonyl (C=O) groups excluding carboxylic acids is 1. The number of ether oxygens (including phenoxy) is 1. The Kier molecular flexibility index (Phi) is 4.26. The fraction of sp³-hybridized carbons (Fsp3) is 0.900. The zero-order valence-corrected chi connectivity index (χ0v) is 9.96. The molecule has 0 aromatic heterocycles. The second kappa shape index (κ2) is 5.03. The lowest BCUT2D eigenvalue weighted by Crippen LogP contribution is -2.43. The number of thiol groups is 1. The van der Waals surface area contributed by atoms with Crippen LogP contribution in [-0.2, 0) is 9.53 Å². The molecule has 0 aromatic carbocycles. The maximum absolute atomic E-state index is 11.9. The summed E-state index contributed by atoms with van der Waals surface area (Å²) in [6.45, 7) is 5.45. The SMILES string of the molecule is CC(C)C(S)C(=O)N(C)C1CCOC1. The van der Waals surface area contributed by atoms with Gasteiger partial charge in [-0.3, -0.25) is 4.79 Å². The minimum Gasteiger partial charge on any atom is -0.379 e. The third-order valence-corrected chi connectivity index (χ3v) is 3.50. The molecular formula is C10H19NO2S. The van der Waals surface area contributed by atoms with Gasteiger partial charge in [0.05, 0.1) is 17.9 Å². The van der Waals surface area contributed by atoms with Crippen LogP contribution in [-0.4, -0.2) is 42.4 Å². The first kappa shape index (κ1) is 11.9. The summed E-state index contributed by atoms with van der Waals surface area (Å²) in [5.41, 5.74) is 0. The summed E-state index contributed by atoms with van der Waals surface area (Å²) >= 11 is 4.32. The highest BCUT2D eigenvalue weighted by Crippen LogP contribution is 2.17. The highest BCUT2D eigenvalue weighted by atomic mass is 32.1. The quantitative estimate of drug-likeness (QED) is 0.720. The standard InChI is InChI=1S/C10H19NO2S/c1-7(2)9(14)10(12)11(3)8-4-5-13-6-8/h7-9,14H,4-6H2,1-3H3. The first-order chi connectivity index (χ1) is 6.54. The molecule has 1 aliphatic rings. The fourth-order valence-electron chi connectivity index (χ4n) is 1.50. The average molecular weight is 217 g/mol. The number of amides is 1. The van der Waals surface area contributed by atoms with Gasteiger partial charge in [-0.15, -0.1) is 0 Å². The second-order valence-corrected chi connectivity index (χ2v) is 4.71. The van der Waals surface area contributed by atoms with E-state index in [1.54, 1.807) is 4.90 Å². The first-order valence-electron chi connectivity index (χ1n) is 5.06. The van der Waals surface area contributed by atoms with Gasteiger partial charge in [0.15, 0.2) is 0 Å². The van der Waals surface area contributed by atoms with Crippen molar-refractivity contribution >= 4 is 18.5 Å². The van der Waals surface area contributed by atoms with Crippen LogP contribution in [0.25, 0.3) is 0 Å². The van der Waals surface area contributed by atoms with Crippen molar-refractivity contribution in [3.8, 4) is 0 Å². The molecule has 0 aliphatic carbocycles. The van der Waals surface area contributed by atoms with Crippen molar-refractivity contribution < 1.29 is 9.53 Å². The van der Waals surface area contributed by atoms with Crippen molar-refractivity contribution in [2.75, 3.05) is 20.3 Å². The van der Waals surface area contributed by atoms with Crippen LogP contribution in [0, 0.1) is 5.92 Å². The summed E-state index contributed by atoms with van der Waals surface area (Å²) in [6.07, 6.45) is 0.945. The lowest BCUT2D eigenvalue weighted by atomic mass is 10.1. The van der Waals surface area contributed by atoms with Gasteiger partial charge in [0, 0.05) is 13.7 Å². The molecule has 0 bridgehead atoms. The molecule has 1 saturated heterocycles. The van der Waals surface area contributed by atoms with E-state index in [1.165, 1.54) is 0 Å². The molecule has 3 nitrogen and oxygen atoms in total. The molecule has 0 radical (unpaired) electrons. The molecule has 1 heterocycles. The van der Waals surface area contributed by atoms with Gasteiger partial charge >= 0.3 is 0 Å². The Morgan fingerprint density at radius 2 is 2.21 bits per heavy atom. The van der Waals surface area contributed by atoms with Crippen LogP contribution in [0.3, 0.4) is 0 Å². The van der Waals surface area contributed by atoms with Crippen molar-refractivity contribution in [3.63, 3.8) is 0 Å². The van der Waals surface area contributed by atoms with Gasteiger partial charge in [0.25, 0.3) is 0 Å². The van der Waals surface area contributed by atoms with E-state index in [0.717, 1.165) is 13.0 Å². The lowest BCUT2D eigenvalue weighted by Gasteiger charge is -2.27. The van der Waals surface area contributed by atoms with Gasteiger partial charge in [-0.25, -0.2) is 0 Å². The highest BCUT2D eigenvalue weighted by molar-refractivity contribution is 7.81. The summed E-state index contributed by atoms with van der Waals surface area (Å²) in [6, 6.07) is 0.246. The predicted octanol–water partition coefficient (Wildman–Crippen LogP) is 1.19. The van der Waals surface area contributed by atoms with Crippen LogP contribution in [0.2, 0.25) is 0 Å². The zero-order valence-electron chi connectivity index (χ0n) is 9.06. The molecule has 0 saturated carbocycles. The number of carbonyl (C=O) groups is 1. The molecule has 2 atom stereocenters. The van der Waals surface area contributed by atoms with Crippen molar-refractivity contribution in [1.29, 1.82) is 0 Å². The van der Waals surface area contributed by atoms with Gasteiger partial charge in [-0.05, 0) is 12.3 Å². The van der Waals surface area contributed by atoms with Crippen LogP contribution in [0.1, 0.15) is 20.3 Å². The third kappa shape index (κ3) is 2.64. The Labute approximate surface area is 91.2 Å². The van der Waals surface area contributed by atoms with Crippen LogP contribution in [0.15, 0.2) is 0 Å². The molecule has 1 amide bonds. The minimum atomic E-state index is -0.194. The van der Waals surface area contributed by atoms with Gasteiger partial charge < -0.3 is 9.64 Å². The summed E-state index contributed by atoms with van der Waals surface area (Å²) in [7, 11) is 1.84. The Hall–Kier alpha value is -0.220. The van der Waals surface area contributed by atoms with E-state index in [9.17, 15) is 4.79 Å². The summed E-state index contributed by atoms with van der Waals surface area (Å²) < 4.78 is 5.25. The van der Waals surface area contributed by atoms with Gasteiger partial charge in [-0.2, -0.15) is 12.6 Å². The van der Waals surface area contributed by atoms with Crippen molar-refractivity contribution in [1.82, 2.24) is 4.90 Å². The smallest absolute Gasteiger partial charge is 0.235 e. The highest BCUT2D eigenvalue weighted by Gasteiger charge is 2.28. The number of rotatable bonds is 3. The van der Waals surface area contributed by atoms with E-state index in [4.69, 9.17) is 4.74 Å². The molecule has 0 spiro atoms. The molecule has 82 valence electrons. The number of hydrogen-bond donors (Lipinski definition) is 1. The number of likely N-dealkylation sites (N-methyl/N-ethyl adjacent to an activating group) is 1. The van der Waals surface area contributed by atoms with E-state index in [0.29, 0.717) is 6.61 Å². The Bertz CT molecular complexity index is 202. The maximum Gasteiger partial charge on any atom is 0.235 e. The molecular weight excluding hydrogens is 198 g/mol. The second-order valence-electron chi connectivity index (χ2n) is 4.16. The molecule has 1 rings (SSSR count). The van der Waals surface area contributed by atoms with Crippen LogP contribution in [0.5, 0.6) is 0 Å². The molecule has 14 heavy (non-hydrogen) atoms. The van der Waals surface area contributed by atoms with E-state index in [1.807, 2.05) is 20.9 Å². The van der Waals surface area contributed by atoms with E-state index < -0.39 is 0 Å². The average Bonchev–Trinajstić information content (AvgIpc) is 2.67. The van der Waals surface area contributed by atoms with Crippen LogP contribution < -0.4 is 0 Å². The monoisotopic (exact) mass is 217 g/mol. The van der Waals surface area contributed by atoms with Gasteiger partial charge in [-0.1, -0.05) is 13.8 Å². The van der Waals surface area contributed by atoms with Crippen molar-refractivity contribution in [2.45, 2.75) is 31.6 Å². The summed E-state index contributed by atoms with van der Waals surface area (Å²) in [4.78, 5) is 13.6. The van der Waals surface area contributed by atoms with Crippen LogP contribution >= 0.6 is 12.6 Å². The third-order valence-electron chi connectivity index (χ3n) is 2.69. The number of nitrogens with zero attached hydrogens (tertiary/aromatic N) is 1. The Morgan fingerprint density at radius 1 is 1.57 bits per heavy atom. The van der Waals surface area contributed by atoms with E-state index in [-0.39, 0.29) is 23.1 Å². The summed E-state index contributed by atoms with van der Waals surface area (Å²) in [5, 5.41) is -0.194. The largest absolute Gasteiger partial charge is 0.379 e. The molecule has 2 unspecified atom stereocenters. The molecule has 1 fully saturated rings. The molecule has 0 aromatic rings. The van der Waals surface area contributed by atoms with Gasteiger partial charge in [0.2, 0.25) is 5.91 Å². The van der Waals surface area contributed by atoms with Gasteiger partial charge in [0.1, 0.15) is 0 Å². The van der Waals surface area contributed by atoms with Crippen molar-refractivity contribution in [3.05, 3.63) is 0 Å².